The van der Waals surface area contributed by atoms with E-state index in [1.54, 1.807) is 13.0 Å². The Morgan fingerprint density at radius 1 is 1.47 bits per heavy atom. The third kappa shape index (κ3) is 3.57. The van der Waals surface area contributed by atoms with Crippen LogP contribution < -0.4 is 4.72 Å². The Morgan fingerprint density at radius 3 is 2.79 bits per heavy atom. The van der Waals surface area contributed by atoms with Gasteiger partial charge in [-0.3, -0.25) is 4.79 Å². The first-order valence-corrected chi connectivity index (χ1v) is 7.65. The monoisotopic (exact) mass is 287 g/mol. The molecule has 1 saturated carbocycles. The summed E-state index contributed by atoms with van der Waals surface area (Å²) in [5.74, 6) is -0.255. The molecule has 6 nitrogen and oxygen atoms in total. The predicted molar refractivity (Wildman–Crippen MR) is 67.1 cm³/mol. The molecule has 1 aliphatic carbocycles. The molecule has 2 rings (SSSR count). The van der Waals surface area contributed by atoms with E-state index in [9.17, 15) is 13.2 Å². The highest BCUT2D eigenvalue weighted by molar-refractivity contribution is 7.89. The first kappa shape index (κ1) is 14.1. The Balaban J connectivity index is 1.97. The van der Waals surface area contributed by atoms with E-state index >= 15 is 0 Å². The quantitative estimate of drug-likeness (QED) is 0.855. The molecule has 2 N–H and O–H groups in total. The molecule has 0 spiro atoms. The second kappa shape index (κ2) is 5.34. The van der Waals surface area contributed by atoms with E-state index in [0.717, 1.165) is 6.42 Å². The average molecular weight is 287 g/mol. The molecule has 1 aromatic heterocycles. The fraction of sp³-hybridized carbons (Fsp3) is 0.583. The standard InChI is InChI=1S/C12H17NO5S/c1-8-2-5-12(18-8)19(16,17)13-10-4-3-9(6-10)7-11(14)15/h2,5,9-10,13H,3-4,6-7H2,1H3,(H,14,15)/t9-,10+/m0/s1. The fourth-order valence-corrected chi connectivity index (χ4v) is 3.71. The maximum absolute atomic E-state index is 12.0. The first-order chi connectivity index (χ1) is 8.87. The van der Waals surface area contributed by atoms with Gasteiger partial charge in [0.2, 0.25) is 5.09 Å². The molecule has 0 aromatic carbocycles. The molecule has 2 atom stereocenters. The summed E-state index contributed by atoms with van der Waals surface area (Å²) in [6, 6.07) is 2.80. The number of carboxylic acids is 1. The maximum atomic E-state index is 12.0. The Bertz CT molecular complexity index is 562. The van der Waals surface area contributed by atoms with Gasteiger partial charge in [-0.2, -0.15) is 0 Å². The number of aliphatic carboxylic acids is 1. The van der Waals surface area contributed by atoms with Gasteiger partial charge < -0.3 is 9.52 Å². The summed E-state index contributed by atoms with van der Waals surface area (Å²) in [6.45, 7) is 1.68. The number of sulfonamides is 1. The highest BCUT2D eigenvalue weighted by Crippen LogP contribution is 2.29. The number of rotatable bonds is 5. The van der Waals surface area contributed by atoms with Crippen molar-refractivity contribution in [3.63, 3.8) is 0 Å². The van der Waals surface area contributed by atoms with E-state index in [0.29, 0.717) is 18.6 Å². The Morgan fingerprint density at radius 2 is 2.21 bits per heavy atom. The lowest BCUT2D eigenvalue weighted by molar-refractivity contribution is -0.138. The largest absolute Gasteiger partial charge is 0.481 e. The van der Waals surface area contributed by atoms with Crippen LogP contribution in [-0.4, -0.2) is 25.5 Å². The van der Waals surface area contributed by atoms with Crippen molar-refractivity contribution in [2.24, 2.45) is 5.92 Å². The number of carbonyl (C=O) groups is 1. The van der Waals surface area contributed by atoms with Crippen LogP contribution in [0.3, 0.4) is 0 Å². The number of carboxylic acid groups (broad SMARTS) is 1. The summed E-state index contributed by atoms with van der Waals surface area (Å²) in [4.78, 5) is 10.6. The van der Waals surface area contributed by atoms with Crippen molar-refractivity contribution >= 4 is 16.0 Å². The van der Waals surface area contributed by atoms with Crippen LogP contribution in [0.5, 0.6) is 0 Å². The minimum atomic E-state index is -3.64. The van der Waals surface area contributed by atoms with Gasteiger partial charge in [0.25, 0.3) is 10.0 Å². The number of hydrogen-bond donors (Lipinski definition) is 2. The molecule has 1 heterocycles. The summed E-state index contributed by atoms with van der Waals surface area (Å²) in [7, 11) is -3.64. The Hall–Kier alpha value is -1.34. The SMILES string of the molecule is Cc1ccc(S(=O)(=O)N[C@@H]2CC[C@H](CC(=O)O)C2)o1. The minimum absolute atomic E-state index is 0.0449. The lowest BCUT2D eigenvalue weighted by Gasteiger charge is -2.11. The van der Waals surface area contributed by atoms with Crippen molar-refractivity contribution in [3.8, 4) is 0 Å². The average Bonchev–Trinajstić information content (AvgIpc) is 2.87. The lowest BCUT2D eigenvalue weighted by Crippen LogP contribution is -2.32. The molecule has 1 aliphatic rings. The zero-order chi connectivity index (χ0) is 14.0. The number of nitrogens with one attached hydrogen (secondary N) is 1. The van der Waals surface area contributed by atoms with E-state index in [2.05, 4.69) is 4.72 Å². The van der Waals surface area contributed by atoms with Crippen molar-refractivity contribution in [1.29, 1.82) is 0 Å². The van der Waals surface area contributed by atoms with Crippen molar-refractivity contribution in [1.82, 2.24) is 4.72 Å². The van der Waals surface area contributed by atoms with Crippen LogP contribution in [0.25, 0.3) is 0 Å². The maximum Gasteiger partial charge on any atom is 0.303 e. The molecule has 0 unspecified atom stereocenters. The molecule has 1 aromatic rings. The first-order valence-electron chi connectivity index (χ1n) is 6.17. The molecule has 0 amide bonds. The van der Waals surface area contributed by atoms with Gasteiger partial charge in [0.15, 0.2) is 0 Å². The smallest absolute Gasteiger partial charge is 0.303 e. The van der Waals surface area contributed by atoms with Gasteiger partial charge in [0, 0.05) is 12.5 Å². The Labute approximate surface area is 111 Å². The molecule has 1 fully saturated rings. The third-order valence-electron chi connectivity index (χ3n) is 3.31. The zero-order valence-electron chi connectivity index (χ0n) is 10.6. The second-order valence-electron chi connectivity index (χ2n) is 4.96. The molecule has 7 heteroatoms. The normalized spacial score (nSPS) is 23.6. The van der Waals surface area contributed by atoms with Gasteiger partial charge in [-0.05, 0) is 44.2 Å². The third-order valence-corrected chi connectivity index (χ3v) is 4.70. The number of hydrogen-bond acceptors (Lipinski definition) is 4. The van der Waals surface area contributed by atoms with Gasteiger partial charge >= 0.3 is 5.97 Å². The van der Waals surface area contributed by atoms with E-state index in [-0.39, 0.29) is 23.5 Å². The van der Waals surface area contributed by atoms with Crippen molar-refractivity contribution in [2.45, 2.75) is 43.7 Å². The predicted octanol–water partition coefficient (Wildman–Crippen LogP) is 1.51. The van der Waals surface area contributed by atoms with Crippen molar-refractivity contribution < 1.29 is 22.7 Å². The van der Waals surface area contributed by atoms with Crippen LogP contribution in [0.2, 0.25) is 0 Å². The van der Waals surface area contributed by atoms with Crippen LogP contribution in [0.1, 0.15) is 31.4 Å². The molecular weight excluding hydrogens is 270 g/mol. The summed E-state index contributed by atoms with van der Waals surface area (Å²) in [5, 5.41) is 8.63. The van der Waals surface area contributed by atoms with Crippen LogP contribution in [0.15, 0.2) is 21.6 Å². The van der Waals surface area contributed by atoms with Crippen LogP contribution >= 0.6 is 0 Å². The van der Waals surface area contributed by atoms with Gasteiger partial charge in [-0.25, -0.2) is 13.1 Å². The number of aryl methyl sites for hydroxylation is 1. The number of furan rings is 1. The van der Waals surface area contributed by atoms with Gasteiger partial charge in [0.05, 0.1) is 0 Å². The van der Waals surface area contributed by atoms with Crippen LogP contribution in [-0.2, 0) is 14.8 Å². The van der Waals surface area contributed by atoms with Crippen molar-refractivity contribution in [2.75, 3.05) is 0 Å². The molecule has 0 aliphatic heterocycles. The molecule has 106 valence electrons. The summed E-state index contributed by atoms with van der Waals surface area (Å²) >= 11 is 0. The zero-order valence-corrected chi connectivity index (χ0v) is 11.4. The molecule has 0 radical (unpaired) electrons. The topological polar surface area (TPSA) is 96.6 Å². The summed E-state index contributed by atoms with van der Waals surface area (Å²) in [5.41, 5.74) is 0. The fourth-order valence-electron chi connectivity index (χ4n) is 2.45. The highest BCUT2D eigenvalue weighted by atomic mass is 32.2. The van der Waals surface area contributed by atoms with Gasteiger partial charge in [-0.15, -0.1) is 0 Å². The van der Waals surface area contributed by atoms with Crippen LogP contribution in [0.4, 0.5) is 0 Å². The Kier molecular flexibility index (Phi) is 3.96. The van der Waals surface area contributed by atoms with Crippen LogP contribution in [0, 0.1) is 12.8 Å². The van der Waals surface area contributed by atoms with E-state index in [4.69, 9.17) is 9.52 Å². The van der Waals surface area contributed by atoms with E-state index in [1.807, 2.05) is 0 Å². The summed E-state index contributed by atoms with van der Waals surface area (Å²) in [6.07, 6.45) is 2.05. The summed E-state index contributed by atoms with van der Waals surface area (Å²) < 4.78 is 31.7. The molecular formula is C12H17NO5S. The molecule has 0 bridgehead atoms. The van der Waals surface area contributed by atoms with Gasteiger partial charge in [0.1, 0.15) is 5.76 Å². The minimum Gasteiger partial charge on any atom is -0.481 e. The van der Waals surface area contributed by atoms with Crippen molar-refractivity contribution in [3.05, 3.63) is 17.9 Å². The molecule has 19 heavy (non-hydrogen) atoms. The van der Waals surface area contributed by atoms with Gasteiger partial charge in [-0.1, -0.05) is 0 Å². The molecule has 0 saturated heterocycles. The second-order valence-corrected chi connectivity index (χ2v) is 6.61. The van der Waals surface area contributed by atoms with E-state index < -0.39 is 16.0 Å². The highest BCUT2D eigenvalue weighted by Gasteiger charge is 2.30. The van der Waals surface area contributed by atoms with E-state index in [1.165, 1.54) is 6.07 Å². The lowest BCUT2D eigenvalue weighted by atomic mass is 10.0.